The Morgan fingerprint density at radius 2 is 1.83 bits per heavy atom. The fourth-order valence-electron chi connectivity index (χ4n) is 3.50. The molecule has 0 fully saturated rings. The summed E-state index contributed by atoms with van der Waals surface area (Å²) in [6, 6.07) is 15.1. The highest BCUT2D eigenvalue weighted by Gasteiger charge is 2.39. The molecule has 0 atom stereocenters. The third-order valence-electron chi connectivity index (χ3n) is 5.19. The summed E-state index contributed by atoms with van der Waals surface area (Å²) in [6.07, 6.45) is 3.93. The van der Waals surface area contributed by atoms with Gasteiger partial charge in [-0.1, -0.05) is 18.2 Å². The molecule has 184 valence electrons. The van der Waals surface area contributed by atoms with E-state index < -0.39 is 21.9 Å². The van der Waals surface area contributed by atoms with Gasteiger partial charge in [0.05, 0.1) is 12.0 Å². The molecule has 0 saturated heterocycles. The largest absolute Gasteiger partial charge is 0.508 e. The molecule has 2 N–H and O–H groups in total. The number of amides is 1. The van der Waals surface area contributed by atoms with Crippen LogP contribution in [0.4, 0.5) is 5.82 Å². The minimum absolute atomic E-state index is 0.0579. The first-order chi connectivity index (χ1) is 17.2. The van der Waals surface area contributed by atoms with Crippen LogP contribution < -0.4 is 10.1 Å². The predicted octanol–water partition coefficient (Wildman–Crippen LogP) is 2.99. The highest BCUT2D eigenvalue weighted by molar-refractivity contribution is 7.89. The standard InChI is InChI=1S/C25H21N3O7S/c1-28-23(25(31)27-21-9-5-6-12-26-21)24(19-7-3-4-8-20(19)36(28,32)33)35-22(30)11-10-16-13-17(29)15-18(14-16)34-2/h3-15,29H,1-2H3,(H,26,27,31). The Morgan fingerprint density at radius 1 is 1.08 bits per heavy atom. The van der Waals surface area contributed by atoms with Crippen molar-refractivity contribution in [3.8, 4) is 11.5 Å². The van der Waals surface area contributed by atoms with Crippen LogP contribution in [0.3, 0.4) is 0 Å². The van der Waals surface area contributed by atoms with E-state index in [4.69, 9.17) is 9.47 Å². The monoisotopic (exact) mass is 507 g/mol. The van der Waals surface area contributed by atoms with Gasteiger partial charge in [0.2, 0.25) is 0 Å². The molecule has 0 bridgehead atoms. The Balaban J connectivity index is 1.74. The Labute approximate surface area is 207 Å². The van der Waals surface area contributed by atoms with Gasteiger partial charge in [0.25, 0.3) is 15.9 Å². The van der Waals surface area contributed by atoms with E-state index in [-0.39, 0.29) is 33.5 Å². The highest BCUT2D eigenvalue weighted by atomic mass is 32.2. The van der Waals surface area contributed by atoms with E-state index in [0.29, 0.717) is 11.3 Å². The first-order valence-electron chi connectivity index (χ1n) is 10.5. The third-order valence-corrected chi connectivity index (χ3v) is 7.00. The molecule has 36 heavy (non-hydrogen) atoms. The van der Waals surface area contributed by atoms with Gasteiger partial charge in [-0.25, -0.2) is 18.2 Å². The first-order valence-corrected chi connectivity index (χ1v) is 12.0. The number of methoxy groups -OCH3 is 1. The average molecular weight is 508 g/mol. The number of likely N-dealkylation sites (N-methyl/N-ethyl adjacent to an activating group) is 1. The molecule has 11 heteroatoms. The third kappa shape index (κ3) is 4.91. The Kier molecular flexibility index (Phi) is 6.75. The van der Waals surface area contributed by atoms with Crippen LogP contribution >= 0.6 is 0 Å². The smallest absolute Gasteiger partial charge is 0.336 e. The Hall–Kier alpha value is -4.64. The van der Waals surface area contributed by atoms with Crippen LogP contribution in [0.25, 0.3) is 11.8 Å². The summed E-state index contributed by atoms with van der Waals surface area (Å²) in [6.45, 7) is 0. The second kappa shape index (κ2) is 9.92. The lowest BCUT2D eigenvalue weighted by atomic mass is 10.1. The van der Waals surface area contributed by atoms with Gasteiger partial charge in [-0.05, 0) is 48.0 Å². The molecule has 10 nitrogen and oxygen atoms in total. The molecule has 1 aromatic heterocycles. The number of hydrogen-bond donors (Lipinski definition) is 2. The van der Waals surface area contributed by atoms with Crippen LogP contribution in [-0.2, 0) is 24.3 Å². The van der Waals surface area contributed by atoms with Crippen LogP contribution in [0.15, 0.2) is 83.5 Å². The molecule has 0 spiro atoms. The number of rotatable bonds is 6. The number of phenols is 1. The summed E-state index contributed by atoms with van der Waals surface area (Å²) < 4.78 is 37.6. The second-order valence-electron chi connectivity index (χ2n) is 7.53. The van der Waals surface area contributed by atoms with Gasteiger partial charge in [0.1, 0.15) is 17.3 Å². The zero-order chi connectivity index (χ0) is 25.9. The molecular formula is C25H21N3O7S. The highest BCUT2D eigenvalue weighted by Crippen LogP contribution is 2.37. The van der Waals surface area contributed by atoms with Crippen LogP contribution in [0.1, 0.15) is 11.1 Å². The number of anilines is 1. The SMILES string of the molecule is COc1cc(O)cc(C=CC(=O)OC2=C(C(=O)Nc3ccccn3)N(C)S(=O)(=O)c3ccccc32)c1. The van der Waals surface area contributed by atoms with Crippen molar-refractivity contribution >= 4 is 39.6 Å². The zero-order valence-electron chi connectivity index (χ0n) is 19.2. The topological polar surface area (TPSA) is 135 Å². The van der Waals surface area contributed by atoms with Crippen molar-refractivity contribution in [1.82, 2.24) is 9.29 Å². The number of nitrogens with one attached hydrogen (secondary N) is 1. The van der Waals surface area contributed by atoms with Gasteiger partial charge in [-0.3, -0.25) is 9.10 Å². The number of carbonyl (C=O) groups is 2. The molecule has 4 rings (SSSR count). The van der Waals surface area contributed by atoms with Crippen LogP contribution in [0, 0.1) is 0 Å². The average Bonchev–Trinajstić information content (AvgIpc) is 2.86. The molecule has 0 unspecified atom stereocenters. The minimum Gasteiger partial charge on any atom is -0.508 e. The number of hydrogen-bond acceptors (Lipinski definition) is 8. The van der Waals surface area contributed by atoms with Gasteiger partial charge >= 0.3 is 5.97 Å². The van der Waals surface area contributed by atoms with E-state index >= 15 is 0 Å². The van der Waals surface area contributed by atoms with Crippen molar-refractivity contribution < 1.29 is 32.6 Å². The Morgan fingerprint density at radius 3 is 2.56 bits per heavy atom. The lowest BCUT2D eigenvalue weighted by molar-refractivity contribution is -0.131. The molecule has 0 radical (unpaired) electrons. The first kappa shape index (κ1) is 24.5. The van der Waals surface area contributed by atoms with Crippen LogP contribution in [0.5, 0.6) is 11.5 Å². The predicted molar refractivity (Wildman–Crippen MR) is 131 cm³/mol. The van der Waals surface area contributed by atoms with Crippen molar-refractivity contribution in [2.75, 3.05) is 19.5 Å². The number of nitrogens with zero attached hydrogens (tertiary/aromatic N) is 2. The van der Waals surface area contributed by atoms with Crippen molar-refractivity contribution in [3.63, 3.8) is 0 Å². The Bertz CT molecular complexity index is 1500. The number of aromatic hydroxyl groups is 1. The van der Waals surface area contributed by atoms with E-state index in [9.17, 15) is 23.1 Å². The van der Waals surface area contributed by atoms with E-state index in [2.05, 4.69) is 10.3 Å². The summed E-state index contributed by atoms with van der Waals surface area (Å²) >= 11 is 0. The van der Waals surface area contributed by atoms with Crippen molar-refractivity contribution in [2.45, 2.75) is 4.90 Å². The van der Waals surface area contributed by atoms with E-state index in [1.54, 1.807) is 24.3 Å². The zero-order valence-corrected chi connectivity index (χ0v) is 20.0. The summed E-state index contributed by atoms with van der Waals surface area (Å²) in [7, 11) is -1.47. The van der Waals surface area contributed by atoms with Gasteiger partial charge in [0, 0.05) is 31.0 Å². The number of carbonyl (C=O) groups excluding carboxylic acids is 2. The molecule has 0 aliphatic carbocycles. The van der Waals surface area contributed by atoms with Gasteiger partial charge in [-0.15, -0.1) is 0 Å². The van der Waals surface area contributed by atoms with Crippen molar-refractivity contribution in [1.29, 1.82) is 0 Å². The molecular weight excluding hydrogens is 486 g/mol. The summed E-state index contributed by atoms with van der Waals surface area (Å²) in [4.78, 5) is 29.9. The molecule has 1 amide bonds. The fraction of sp³-hybridized carbons (Fsp3) is 0.0800. The minimum atomic E-state index is -4.10. The second-order valence-corrected chi connectivity index (χ2v) is 9.47. The number of sulfonamides is 1. The molecule has 2 heterocycles. The number of phenolic OH excluding ortho intramolecular Hbond substituents is 1. The summed E-state index contributed by atoms with van der Waals surface area (Å²) in [5.74, 6) is -1.45. The van der Waals surface area contributed by atoms with Gasteiger partial charge < -0.3 is 19.9 Å². The molecule has 0 saturated carbocycles. The molecule has 2 aromatic carbocycles. The number of esters is 1. The maximum absolute atomic E-state index is 13.2. The van der Waals surface area contributed by atoms with Crippen molar-refractivity contribution in [2.24, 2.45) is 0 Å². The molecule has 3 aromatic rings. The number of aromatic nitrogens is 1. The van der Waals surface area contributed by atoms with Crippen LogP contribution in [0.2, 0.25) is 0 Å². The molecule has 1 aliphatic rings. The quantitative estimate of drug-likeness (QED) is 0.384. The lowest BCUT2D eigenvalue weighted by Gasteiger charge is -2.29. The van der Waals surface area contributed by atoms with E-state index in [1.165, 1.54) is 62.8 Å². The van der Waals surface area contributed by atoms with Crippen molar-refractivity contribution in [3.05, 3.63) is 89.8 Å². The maximum atomic E-state index is 13.2. The number of fused-ring (bicyclic) bond motifs is 1. The fourth-order valence-corrected chi connectivity index (χ4v) is 4.89. The molecule has 1 aliphatic heterocycles. The lowest BCUT2D eigenvalue weighted by Crippen LogP contribution is -2.38. The van der Waals surface area contributed by atoms with Gasteiger partial charge in [-0.2, -0.15) is 0 Å². The number of ether oxygens (including phenoxy) is 2. The summed E-state index contributed by atoms with van der Waals surface area (Å²) in [5.41, 5.74) is 0.123. The van der Waals surface area contributed by atoms with Crippen LogP contribution in [-0.4, -0.2) is 48.8 Å². The number of benzene rings is 2. The van der Waals surface area contributed by atoms with Gasteiger partial charge in [0.15, 0.2) is 11.5 Å². The number of pyridine rings is 1. The normalized spacial score (nSPS) is 14.3. The summed E-state index contributed by atoms with van der Waals surface area (Å²) in [5, 5.41) is 12.3. The maximum Gasteiger partial charge on any atom is 0.336 e. The van der Waals surface area contributed by atoms with E-state index in [0.717, 1.165) is 10.4 Å². The van der Waals surface area contributed by atoms with E-state index in [1.807, 2.05) is 0 Å².